The third kappa shape index (κ3) is 19.1. The molecule has 45 atom stereocenters. The zero-order valence-electron chi connectivity index (χ0n) is 58.0. The van der Waals surface area contributed by atoms with Gasteiger partial charge in [-0.05, 0) is 6.92 Å². The standard InChI is InChI=1S/C60H101N3O45/c1-13-28(74)35(81)40(86)56(93-13)106-49-27(63-16(4)73)53(100-23(11-70)46(49)103-59-43(89)50(33(79)21(9-68)99-59)107-54-25(61-14(2)71)47(31(77)19(7-66)95-54)104-57-41(87)36(82)29(75)17(5-64)97-57)92-12-24-34(80)51(44(90)60(101-24)102-45-22(10-69)94-52(91)39(85)38(45)84)108-55-26(62-15(3)72)48(32(78)20(8-67)96-55)105-58-42(88)37(83)30(76)18(6-65)98-58/h13,17-60,64-70,74-91H,5-12H2,1-4H3,(H,61,71)(H,62,72)(H,63,73)/t13-,17+,18+,19+,20+,21+,22+,23+,24+,25+,26+,27+,28+,29-,30-,31+,32+,33-,34-,35+,36-,37-,38+,39+,40-,41+,42+,43+,44+,45+,46+,47+,48+,49+,50-,51-,52+,53+,54-,55-,56-,57-,58-,59-,60-/m0/s1. The molecular formula is C60H101N3O45. The highest BCUT2D eigenvalue weighted by Crippen LogP contribution is 2.40. The van der Waals surface area contributed by atoms with E-state index in [2.05, 4.69) is 16.0 Å². The number of amides is 3. The molecular weight excluding hydrogens is 1480 g/mol. The van der Waals surface area contributed by atoms with Crippen LogP contribution in [0.5, 0.6) is 0 Å². The molecule has 9 rings (SSSR count). The second kappa shape index (κ2) is 38.5. The summed E-state index contributed by atoms with van der Waals surface area (Å²) in [5, 5.41) is 282. The van der Waals surface area contributed by atoms with E-state index in [1.165, 1.54) is 6.92 Å². The first-order valence-electron chi connectivity index (χ1n) is 34.5. The number of ether oxygens (including phenoxy) is 17. The van der Waals surface area contributed by atoms with Crippen LogP contribution in [0.25, 0.3) is 0 Å². The number of nitrogens with one attached hydrogen (secondary N) is 3. The van der Waals surface area contributed by atoms with Gasteiger partial charge >= 0.3 is 0 Å². The van der Waals surface area contributed by atoms with Gasteiger partial charge < -0.3 is 224 Å². The molecule has 0 aromatic carbocycles. The fraction of sp³-hybridized carbons (Fsp3) is 0.950. The number of carbonyl (C=O) groups is 3. The third-order valence-electron chi connectivity index (χ3n) is 19.9. The van der Waals surface area contributed by atoms with Crippen molar-refractivity contribution in [2.45, 2.75) is 304 Å². The van der Waals surface area contributed by atoms with Crippen LogP contribution in [0, 0.1) is 0 Å². The van der Waals surface area contributed by atoms with Gasteiger partial charge in [0.25, 0.3) is 0 Å². The fourth-order valence-corrected chi connectivity index (χ4v) is 14.0. The first kappa shape index (κ1) is 88.7. The molecule has 3 amide bonds. The van der Waals surface area contributed by atoms with Crippen molar-refractivity contribution in [3.05, 3.63) is 0 Å². The minimum absolute atomic E-state index is 0.914. The van der Waals surface area contributed by atoms with Crippen LogP contribution in [-0.4, -0.2) is 474 Å². The molecule has 0 unspecified atom stereocenters. The van der Waals surface area contributed by atoms with Crippen molar-refractivity contribution < 1.29 is 223 Å². The molecule has 28 N–H and O–H groups in total. The molecule has 0 radical (unpaired) electrons. The predicted octanol–water partition coefficient (Wildman–Crippen LogP) is -19.2. The highest BCUT2D eigenvalue weighted by molar-refractivity contribution is 5.74. The van der Waals surface area contributed by atoms with E-state index in [0.29, 0.717) is 0 Å². The van der Waals surface area contributed by atoms with E-state index < -0.39 is 347 Å². The molecule has 108 heavy (non-hydrogen) atoms. The lowest BCUT2D eigenvalue weighted by Crippen LogP contribution is -2.71. The van der Waals surface area contributed by atoms with Crippen LogP contribution >= 0.6 is 0 Å². The molecule has 48 nitrogen and oxygen atoms in total. The summed E-state index contributed by atoms with van der Waals surface area (Å²) >= 11 is 0. The number of hydrogen-bond donors (Lipinski definition) is 28. The van der Waals surface area contributed by atoms with Crippen molar-refractivity contribution in [2.24, 2.45) is 0 Å². The van der Waals surface area contributed by atoms with Crippen LogP contribution in [0.4, 0.5) is 0 Å². The van der Waals surface area contributed by atoms with Crippen LogP contribution in [0.2, 0.25) is 0 Å². The van der Waals surface area contributed by atoms with Crippen molar-refractivity contribution in [3.8, 4) is 0 Å². The first-order chi connectivity index (χ1) is 51.1. The van der Waals surface area contributed by atoms with Gasteiger partial charge in [0.2, 0.25) is 17.7 Å². The molecule has 0 spiro atoms. The van der Waals surface area contributed by atoms with Crippen molar-refractivity contribution in [3.63, 3.8) is 0 Å². The smallest absolute Gasteiger partial charge is 0.217 e. The SMILES string of the molecule is CC(=O)N[C@H]1[C@H](OC[C@H]2O[C@@H](O[C@H]3[C@H](O)[C@@H](O)[C@H](O)O[C@@H]3CO)[C@H](O)[C@@H](O[C@@H]3O[C@H](CO)[C@@H](O)[C@H](O[C@@H]4O[C@H](CO)[C@H](O)[C@H](O)[C@H]4O)[C@H]3NC(C)=O)[C@H]2O)O[C@H](CO)[C@@H](O[C@@H]2O[C@H](CO)[C@H](O)[C@H](O[C@@H]3O[C@H](CO)[C@@H](O)[C@H](O[C@@H]4O[C@H](CO)[C@H](O)[C@H](O)[C@H]4O)[C@H]3NC(C)=O)[C@H]2O)[C@@H]1O[C@@H]1O[C@@H](C)[C@@H](O)[C@@H](O)[C@@H]1O. The van der Waals surface area contributed by atoms with Crippen molar-refractivity contribution in [1.82, 2.24) is 16.0 Å². The molecule has 626 valence electrons. The molecule has 9 heterocycles. The fourth-order valence-electron chi connectivity index (χ4n) is 14.0. The number of aliphatic hydroxyl groups is 25. The quantitative estimate of drug-likeness (QED) is 0.0363. The average Bonchev–Trinajstić information content (AvgIpc) is 0.769. The highest BCUT2D eigenvalue weighted by atomic mass is 16.8. The predicted molar refractivity (Wildman–Crippen MR) is 330 cm³/mol. The van der Waals surface area contributed by atoms with Gasteiger partial charge in [0.1, 0.15) is 213 Å². The van der Waals surface area contributed by atoms with Gasteiger partial charge in [-0.2, -0.15) is 0 Å². The molecule has 9 aliphatic heterocycles. The van der Waals surface area contributed by atoms with Crippen molar-refractivity contribution in [1.29, 1.82) is 0 Å². The van der Waals surface area contributed by atoms with E-state index in [0.717, 1.165) is 20.8 Å². The lowest BCUT2D eigenvalue weighted by molar-refractivity contribution is -0.391. The monoisotopic (exact) mass is 1580 g/mol. The summed E-state index contributed by atoms with van der Waals surface area (Å²) in [5.41, 5.74) is 0. The van der Waals surface area contributed by atoms with Gasteiger partial charge in [-0.25, -0.2) is 0 Å². The Bertz CT molecular complexity index is 2820. The van der Waals surface area contributed by atoms with Crippen molar-refractivity contribution in [2.75, 3.05) is 52.9 Å². The van der Waals surface area contributed by atoms with Gasteiger partial charge in [0.05, 0.1) is 59.0 Å². The Morgan fingerprint density at radius 3 is 0.954 bits per heavy atom. The van der Waals surface area contributed by atoms with Crippen LogP contribution in [-0.2, 0) is 94.9 Å². The molecule has 9 aliphatic rings. The van der Waals surface area contributed by atoms with E-state index >= 15 is 0 Å². The molecule has 0 bridgehead atoms. The summed E-state index contributed by atoms with van der Waals surface area (Å²) in [6.07, 6.45) is -86.0. The van der Waals surface area contributed by atoms with Crippen molar-refractivity contribution >= 4 is 17.7 Å². The van der Waals surface area contributed by atoms with Crippen LogP contribution in [0.3, 0.4) is 0 Å². The molecule has 0 aromatic heterocycles. The Hall–Kier alpha value is -3.27. The zero-order valence-corrected chi connectivity index (χ0v) is 58.0. The molecule has 48 heteroatoms. The number of carbonyl (C=O) groups excluding carboxylic acids is 3. The largest absolute Gasteiger partial charge is 0.394 e. The number of rotatable bonds is 27. The summed E-state index contributed by atoms with van der Waals surface area (Å²) in [5.74, 6) is -2.85. The summed E-state index contributed by atoms with van der Waals surface area (Å²) in [4.78, 5) is 39.5. The normalized spacial score (nSPS) is 50.4. The maximum atomic E-state index is 13.5. The molecule has 0 saturated carbocycles. The van der Waals surface area contributed by atoms with Gasteiger partial charge in [0.15, 0.2) is 56.6 Å². The zero-order chi connectivity index (χ0) is 79.5. The Morgan fingerprint density at radius 2 is 0.546 bits per heavy atom. The maximum absolute atomic E-state index is 13.5. The molecule has 9 fully saturated rings. The lowest BCUT2D eigenvalue weighted by Gasteiger charge is -2.51. The molecule has 0 aromatic rings. The first-order valence-corrected chi connectivity index (χ1v) is 34.5. The Kier molecular flexibility index (Phi) is 31.6. The molecule has 0 aliphatic carbocycles. The molecule has 9 saturated heterocycles. The lowest BCUT2D eigenvalue weighted by atomic mass is 9.93. The Balaban J connectivity index is 1.05. The van der Waals surface area contributed by atoms with Crippen LogP contribution < -0.4 is 16.0 Å². The minimum atomic E-state index is -2.42. The summed E-state index contributed by atoms with van der Waals surface area (Å²) in [6.45, 7) is -4.65. The van der Waals surface area contributed by atoms with E-state index in [9.17, 15) is 142 Å². The van der Waals surface area contributed by atoms with Gasteiger partial charge in [-0.1, -0.05) is 0 Å². The Labute approximate surface area is 611 Å². The van der Waals surface area contributed by atoms with E-state index in [1.807, 2.05) is 0 Å². The van der Waals surface area contributed by atoms with E-state index in [1.54, 1.807) is 0 Å². The average molecular weight is 1580 g/mol. The summed E-state index contributed by atoms with van der Waals surface area (Å²) in [6, 6.07) is -5.74. The van der Waals surface area contributed by atoms with E-state index in [-0.39, 0.29) is 0 Å². The number of hydrogen-bond acceptors (Lipinski definition) is 45. The van der Waals surface area contributed by atoms with Crippen LogP contribution in [0.15, 0.2) is 0 Å². The van der Waals surface area contributed by atoms with Gasteiger partial charge in [0, 0.05) is 20.8 Å². The second-order valence-electron chi connectivity index (χ2n) is 27.4. The van der Waals surface area contributed by atoms with E-state index in [4.69, 9.17) is 80.5 Å². The van der Waals surface area contributed by atoms with Gasteiger partial charge in [-0.15, -0.1) is 0 Å². The number of aliphatic hydroxyl groups excluding tert-OH is 25. The second-order valence-corrected chi connectivity index (χ2v) is 27.4. The summed E-state index contributed by atoms with van der Waals surface area (Å²) in [7, 11) is 0. The third-order valence-corrected chi connectivity index (χ3v) is 19.9. The summed E-state index contributed by atoms with van der Waals surface area (Å²) < 4.78 is 101. The van der Waals surface area contributed by atoms with Gasteiger partial charge in [-0.3, -0.25) is 14.4 Å². The van der Waals surface area contributed by atoms with Crippen LogP contribution in [0.1, 0.15) is 27.7 Å². The topological polar surface area (TPSA) is 750 Å². The Morgan fingerprint density at radius 1 is 0.259 bits per heavy atom. The maximum Gasteiger partial charge on any atom is 0.217 e. The minimum Gasteiger partial charge on any atom is -0.394 e. The highest BCUT2D eigenvalue weighted by Gasteiger charge is 2.61.